The number of nitrogens with two attached hydrogens (primary N) is 1. The van der Waals surface area contributed by atoms with E-state index in [9.17, 15) is 43.7 Å². The molecule has 1 saturated carbocycles. The van der Waals surface area contributed by atoms with Crippen molar-refractivity contribution >= 4 is 46.9 Å². The Balaban J connectivity index is 1.63. The summed E-state index contributed by atoms with van der Waals surface area (Å²) in [4.78, 5) is 109. The van der Waals surface area contributed by atoms with Crippen LogP contribution in [0.3, 0.4) is 0 Å². The fraction of sp³-hybridized carbons (Fsp3) is 0.472. The first kappa shape index (κ1) is 40.2. The van der Waals surface area contributed by atoms with Crippen LogP contribution in [0.15, 0.2) is 54.6 Å². The van der Waals surface area contributed by atoms with Crippen LogP contribution in [0.25, 0.3) is 0 Å². The average Bonchev–Trinajstić information content (AvgIpc) is 3.72. The molecule has 2 unspecified atom stereocenters. The second kappa shape index (κ2) is 17.3. The minimum atomic E-state index is -2.74. The van der Waals surface area contributed by atoms with E-state index in [0.29, 0.717) is 12.0 Å². The van der Waals surface area contributed by atoms with Gasteiger partial charge >= 0.3 is 6.09 Å². The average molecular weight is 737 g/mol. The van der Waals surface area contributed by atoms with Crippen LogP contribution >= 0.6 is 0 Å². The topological polar surface area (TPSA) is 238 Å². The summed E-state index contributed by atoms with van der Waals surface area (Å²) in [7, 11) is 1.19. The van der Waals surface area contributed by atoms with Crippen molar-refractivity contribution in [2.24, 2.45) is 5.73 Å². The number of hydrogen-bond donors (Lipinski definition) is 3. The molecule has 17 nitrogen and oxygen atoms in total. The predicted molar refractivity (Wildman–Crippen MR) is 188 cm³/mol. The number of non-ortho nitro benzene ring substituents is 1. The van der Waals surface area contributed by atoms with Gasteiger partial charge in [-0.2, -0.15) is 0 Å². The molecular formula is C36H44N6O11. The zero-order chi connectivity index (χ0) is 39.0. The van der Waals surface area contributed by atoms with Crippen LogP contribution < -0.4 is 21.1 Å². The van der Waals surface area contributed by atoms with Crippen molar-refractivity contribution < 1.29 is 48.0 Å². The van der Waals surface area contributed by atoms with Gasteiger partial charge < -0.3 is 30.7 Å². The van der Waals surface area contributed by atoms with E-state index in [1.54, 1.807) is 30.3 Å². The van der Waals surface area contributed by atoms with Crippen LogP contribution in [0.5, 0.6) is 5.75 Å². The number of benzene rings is 2. The summed E-state index contributed by atoms with van der Waals surface area (Å²) in [5.41, 5.74) is 3.20. The fourth-order valence-corrected chi connectivity index (χ4v) is 6.63. The molecule has 1 aliphatic carbocycles. The molecule has 1 aliphatic heterocycles. The van der Waals surface area contributed by atoms with Crippen LogP contribution in [0.4, 0.5) is 10.5 Å². The predicted octanol–water partition coefficient (Wildman–Crippen LogP) is 1.70. The molecule has 0 spiro atoms. The third-order valence-electron chi connectivity index (χ3n) is 9.25. The molecule has 4 amide bonds. The normalized spacial score (nSPS) is 20.8. The van der Waals surface area contributed by atoms with Gasteiger partial charge in [0.1, 0.15) is 17.9 Å². The van der Waals surface area contributed by atoms with Gasteiger partial charge in [0.15, 0.2) is 11.6 Å². The minimum absolute atomic E-state index is 0.0334. The van der Waals surface area contributed by atoms with E-state index in [4.69, 9.17) is 15.2 Å². The fourth-order valence-electron chi connectivity index (χ4n) is 6.63. The number of Topliss-reactive ketones (excluding diaryl/α,β-unsaturated/α-hetero) is 3. The van der Waals surface area contributed by atoms with Gasteiger partial charge in [-0.1, -0.05) is 18.2 Å². The van der Waals surface area contributed by atoms with E-state index in [1.807, 2.05) is 0 Å². The Hall–Kier alpha value is -5.55. The highest BCUT2D eigenvalue weighted by atomic mass is 16.6. The second-order valence-corrected chi connectivity index (χ2v) is 13.2. The quantitative estimate of drug-likeness (QED) is 0.103. The molecule has 0 aromatic heterocycles. The molecule has 0 radical (unpaired) electrons. The number of nitro groups is 1. The Labute approximate surface area is 305 Å². The summed E-state index contributed by atoms with van der Waals surface area (Å²) in [6.45, 7) is 4.56. The van der Waals surface area contributed by atoms with Crippen LogP contribution in [0, 0.1) is 10.1 Å². The van der Waals surface area contributed by atoms with E-state index < -0.39 is 82.4 Å². The van der Waals surface area contributed by atoms with E-state index in [1.165, 1.54) is 32.8 Å². The standard InChI is InChI=1S/C36H44N6O11/c1-21(2)41(35(49)53-25-16-14-24(15-17-25)42(50)51)36(29(43)20-28(52-4)31(36)45)30(44)27-13-9-19-40(27)34(48)26(39-32(46)22(3)37)12-8-18-38-33(47)23-10-6-5-7-11-23/h5-7,10-11,14-17,21-22,26-28H,8-9,12-13,18-20,37H2,1-4H3,(H,38,47)(H,39,46)/t22-,26-,27+,28?,36?/m0/s1. The van der Waals surface area contributed by atoms with Gasteiger partial charge in [0.25, 0.3) is 11.6 Å². The van der Waals surface area contributed by atoms with Crippen molar-refractivity contribution in [2.75, 3.05) is 20.2 Å². The third kappa shape index (κ3) is 8.58. The van der Waals surface area contributed by atoms with Gasteiger partial charge in [-0.15, -0.1) is 0 Å². The van der Waals surface area contributed by atoms with Gasteiger partial charge in [0.2, 0.25) is 23.1 Å². The van der Waals surface area contributed by atoms with E-state index in [-0.39, 0.29) is 49.7 Å². The zero-order valence-electron chi connectivity index (χ0n) is 29.9. The maximum Gasteiger partial charge on any atom is 0.417 e. The Kier molecular flexibility index (Phi) is 13.1. The molecule has 1 saturated heterocycles. The maximum atomic E-state index is 14.8. The van der Waals surface area contributed by atoms with Gasteiger partial charge in [-0.05, 0) is 70.7 Å². The van der Waals surface area contributed by atoms with E-state index >= 15 is 0 Å². The van der Waals surface area contributed by atoms with E-state index in [2.05, 4.69) is 10.6 Å². The molecule has 0 bridgehead atoms. The van der Waals surface area contributed by atoms with Gasteiger partial charge in [0.05, 0.1) is 17.0 Å². The highest BCUT2D eigenvalue weighted by molar-refractivity contribution is 6.36. The molecule has 2 fully saturated rings. The number of carbonyl (C=O) groups is 7. The van der Waals surface area contributed by atoms with Crippen molar-refractivity contribution in [3.05, 3.63) is 70.3 Å². The van der Waals surface area contributed by atoms with Crippen molar-refractivity contribution in [3.63, 3.8) is 0 Å². The van der Waals surface area contributed by atoms with E-state index in [0.717, 1.165) is 29.2 Å². The molecule has 2 aromatic carbocycles. The summed E-state index contributed by atoms with van der Waals surface area (Å²) in [5.74, 6) is -4.75. The van der Waals surface area contributed by atoms with Crippen molar-refractivity contribution in [3.8, 4) is 5.75 Å². The SMILES string of the molecule is COC1CC(=O)C(C(=O)[C@H]2CCCN2C(=O)[C@H](CCCNC(=O)c2ccccc2)NC(=O)[C@H](C)N)(N(C(=O)Oc2ccc([N+](=O)[O-])cc2)C(C)C)C1=O. The Bertz CT molecular complexity index is 1730. The zero-order valence-corrected chi connectivity index (χ0v) is 29.9. The number of nitrogens with zero attached hydrogens (tertiary/aromatic N) is 3. The number of carbonyl (C=O) groups excluding carboxylic acids is 7. The Morgan fingerprint density at radius 3 is 2.28 bits per heavy atom. The third-order valence-corrected chi connectivity index (χ3v) is 9.25. The number of nitrogens with one attached hydrogen (secondary N) is 2. The summed E-state index contributed by atoms with van der Waals surface area (Å²) in [6, 6.07) is 8.46. The number of ketones is 3. The lowest BCUT2D eigenvalue weighted by Gasteiger charge is -2.41. The van der Waals surface area contributed by atoms with Crippen LogP contribution in [-0.2, 0) is 28.7 Å². The molecule has 5 atom stereocenters. The summed E-state index contributed by atoms with van der Waals surface area (Å²) >= 11 is 0. The van der Waals surface area contributed by atoms with Crippen LogP contribution in [-0.4, -0.2) is 112 Å². The Morgan fingerprint density at radius 1 is 1.06 bits per heavy atom. The minimum Gasteiger partial charge on any atom is -0.410 e. The number of nitro benzene ring substituents is 1. The van der Waals surface area contributed by atoms with Crippen molar-refractivity contribution in [2.45, 2.75) is 88.7 Å². The lowest BCUT2D eigenvalue weighted by atomic mass is 9.82. The molecular weight excluding hydrogens is 692 g/mol. The summed E-state index contributed by atoms with van der Waals surface area (Å²) in [6.07, 6.45) is -2.55. The molecule has 4 N–H and O–H groups in total. The first-order chi connectivity index (χ1) is 25.1. The van der Waals surface area contributed by atoms with Gasteiger partial charge in [0, 0.05) is 50.4 Å². The monoisotopic (exact) mass is 736 g/mol. The van der Waals surface area contributed by atoms with Crippen LogP contribution in [0.1, 0.15) is 63.2 Å². The molecule has 4 rings (SSSR count). The molecule has 1 heterocycles. The highest BCUT2D eigenvalue weighted by Crippen LogP contribution is 2.38. The first-order valence-corrected chi connectivity index (χ1v) is 17.2. The first-order valence-electron chi connectivity index (χ1n) is 17.2. The van der Waals surface area contributed by atoms with Crippen molar-refractivity contribution in [1.29, 1.82) is 0 Å². The molecule has 284 valence electrons. The van der Waals surface area contributed by atoms with Crippen molar-refractivity contribution in [1.82, 2.24) is 20.4 Å². The molecule has 2 aliphatic rings. The number of rotatable bonds is 15. The summed E-state index contributed by atoms with van der Waals surface area (Å²) in [5, 5.41) is 16.5. The maximum absolute atomic E-state index is 14.8. The number of amides is 4. The lowest BCUT2D eigenvalue weighted by molar-refractivity contribution is -0.384. The number of hydrogen-bond acceptors (Lipinski definition) is 12. The molecule has 17 heteroatoms. The Morgan fingerprint density at radius 2 is 1.72 bits per heavy atom. The van der Waals surface area contributed by atoms with Gasteiger partial charge in [-0.3, -0.25) is 43.8 Å². The largest absolute Gasteiger partial charge is 0.417 e. The molecule has 53 heavy (non-hydrogen) atoms. The van der Waals surface area contributed by atoms with Gasteiger partial charge in [-0.25, -0.2) is 4.79 Å². The van der Waals surface area contributed by atoms with Crippen LogP contribution in [0.2, 0.25) is 0 Å². The smallest absolute Gasteiger partial charge is 0.410 e. The second-order valence-electron chi connectivity index (χ2n) is 13.2. The molecule has 2 aromatic rings. The lowest BCUT2D eigenvalue weighted by Crippen LogP contribution is -2.70. The highest BCUT2D eigenvalue weighted by Gasteiger charge is 2.67. The number of likely N-dealkylation sites (tertiary alicyclic amines) is 1. The number of methoxy groups -OCH3 is 1. The summed E-state index contributed by atoms with van der Waals surface area (Å²) < 4.78 is 10.7. The number of ether oxygens (including phenoxy) is 2.